The van der Waals surface area contributed by atoms with Crippen LogP contribution in [0.15, 0.2) is 77.0 Å². The zero-order valence-corrected chi connectivity index (χ0v) is 12.8. The predicted octanol–water partition coefficient (Wildman–Crippen LogP) is 3.83. The minimum atomic E-state index is -3.11. The first kappa shape index (κ1) is 16.3. The van der Waals surface area contributed by atoms with Gasteiger partial charge in [0, 0.05) is 16.5 Å². The van der Waals surface area contributed by atoms with Gasteiger partial charge in [-0.3, -0.25) is 0 Å². The standard InChI is InChI=1S/C16H13N3.O3S/c17-15-10-11-16(14-9-5-4-8-13(14)15)19-18-12-6-2-1-3-7-12;1-4(2)3/h1-11H,17H2;. The Morgan fingerprint density at radius 1 is 0.696 bits per heavy atom. The molecule has 0 atom stereocenters. The van der Waals surface area contributed by atoms with Crippen LogP contribution in [0.25, 0.3) is 10.8 Å². The van der Waals surface area contributed by atoms with Crippen molar-refractivity contribution in [1.29, 1.82) is 0 Å². The normalized spacial score (nSPS) is 10.3. The van der Waals surface area contributed by atoms with E-state index in [0.717, 1.165) is 27.8 Å². The summed E-state index contributed by atoms with van der Waals surface area (Å²) in [6.45, 7) is 0. The molecule has 0 aliphatic rings. The highest BCUT2D eigenvalue weighted by molar-refractivity contribution is 7.59. The van der Waals surface area contributed by atoms with E-state index >= 15 is 0 Å². The summed E-state index contributed by atoms with van der Waals surface area (Å²) in [5.74, 6) is 0. The van der Waals surface area contributed by atoms with Gasteiger partial charge in [0.1, 0.15) is 0 Å². The number of nitrogens with zero attached hydrogens (tertiary/aromatic N) is 2. The maximum Gasteiger partial charge on any atom is 0.425 e. The molecule has 0 unspecified atom stereocenters. The van der Waals surface area contributed by atoms with Crippen molar-refractivity contribution in [3.63, 3.8) is 0 Å². The summed E-state index contributed by atoms with van der Waals surface area (Å²) >= 11 is 0. The molecule has 7 heteroatoms. The fraction of sp³-hybridized carbons (Fsp3) is 0. The van der Waals surface area contributed by atoms with Crippen molar-refractivity contribution in [3.8, 4) is 0 Å². The van der Waals surface area contributed by atoms with Crippen LogP contribution in [0.3, 0.4) is 0 Å². The van der Waals surface area contributed by atoms with Crippen molar-refractivity contribution in [2.45, 2.75) is 0 Å². The van der Waals surface area contributed by atoms with E-state index in [1.54, 1.807) is 0 Å². The molecule has 0 radical (unpaired) electrons. The second-order valence-electron chi connectivity index (χ2n) is 4.46. The number of nitrogen functional groups attached to an aromatic ring is 1. The number of azo groups is 1. The van der Waals surface area contributed by atoms with Crippen molar-refractivity contribution in [1.82, 2.24) is 0 Å². The Bertz CT molecular complexity index is 933. The Hall–Kier alpha value is -3.06. The molecule has 3 rings (SSSR count). The lowest BCUT2D eigenvalue weighted by atomic mass is 10.1. The summed E-state index contributed by atoms with van der Waals surface area (Å²) in [6, 6.07) is 21.4. The lowest BCUT2D eigenvalue weighted by Gasteiger charge is -2.03. The number of rotatable bonds is 2. The van der Waals surface area contributed by atoms with Crippen LogP contribution in [-0.2, 0) is 10.6 Å². The third-order valence-corrected chi connectivity index (χ3v) is 2.96. The van der Waals surface area contributed by atoms with E-state index in [1.807, 2.05) is 66.7 Å². The topological polar surface area (TPSA) is 102 Å². The van der Waals surface area contributed by atoms with Gasteiger partial charge in [-0.15, -0.1) is 17.7 Å². The van der Waals surface area contributed by atoms with Crippen LogP contribution in [0.5, 0.6) is 0 Å². The van der Waals surface area contributed by atoms with E-state index in [-0.39, 0.29) is 0 Å². The molecule has 3 aromatic rings. The molecule has 2 N–H and O–H groups in total. The van der Waals surface area contributed by atoms with Gasteiger partial charge in [-0.05, 0) is 24.3 Å². The molecule has 0 aliphatic carbocycles. The monoisotopic (exact) mass is 327 g/mol. The number of anilines is 1. The van der Waals surface area contributed by atoms with Crippen molar-refractivity contribution in [3.05, 3.63) is 66.7 Å². The van der Waals surface area contributed by atoms with E-state index in [0.29, 0.717) is 0 Å². The number of hydrogen-bond donors (Lipinski definition) is 1. The summed E-state index contributed by atoms with van der Waals surface area (Å²) in [5.41, 5.74) is 8.38. The maximum atomic E-state index is 8.44. The van der Waals surface area contributed by atoms with Gasteiger partial charge in [0.2, 0.25) is 0 Å². The smallest absolute Gasteiger partial charge is 0.398 e. The quantitative estimate of drug-likeness (QED) is 0.570. The van der Waals surface area contributed by atoms with Gasteiger partial charge in [0.25, 0.3) is 0 Å². The first-order valence-corrected chi connectivity index (χ1v) is 7.58. The zero-order chi connectivity index (χ0) is 16.7. The van der Waals surface area contributed by atoms with Gasteiger partial charge >= 0.3 is 10.6 Å². The lowest BCUT2D eigenvalue weighted by molar-refractivity contribution is 0.559. The van der Waals surface area contributed by atoms with Gasteiger partial charge in [0.05, 0.1) is 11.4 Å². The molecule has 0 fully saturated rings. The van der Waals surface area contributed by atoms with Crippen molar-refractivity contribution >= 4 is 38.4 Å². The molecule has 0 aliphatic heterocycles. The first-order valence-electron chi connectivity index (χ1n) is 6.58. The summed E-state index contributed by atoms with van der Waals surface area (Å²) in [7, 11) is -3.11. The largest absolute Gasteiger partial charge is 0.425 e. The molecule has 0 saturated heterocycles. The lowest BCUT2D eigenvalue weighted by Crippen LogP contribution is -1.86. The van der Waals surface area contributed by atoms with E-state index in [9.17, 15) is 0 Å². The van der Waals surface area contributed by atoms with E-state index in [1.165, 1.54) is 0 Å². The summed E-state index contributed by atoms with van der Waals surface area (Å²) in [4.78, 5) is 0. The highest BCUT2D eigenvalue weighted by Crippen LogP contribution is 2.31. The Kier molecular flexibility index (Phi) is 5.54. The SMILES string of the molecule is Nc1ccc(N=Nc2ccccc2)c2ccccc12.O=S(=O)=O. The highest BCUT2D eigenvalue weighted by Gasteiger charge is 2.02. The van der Waals surface area contributed by atoms with E-state index in [2.05, 4.69) is 10.2 Å². The third-order valence-electron chi connectivity index (χ3n) is 2.96. The predicted molar refractivity (Wildman–Crippen MR) is 88.7 cm³/mol. The van der Waals surface area contributed by atoms with Crippen LogP contribution in [0.4, 0.5) is 17.1 Å². The van der Waals surface area contributed by atoms with Crippen LogP contribution < -0.4 is 5.73 Å². The van der Waals surface area contributed by atoms with Gasteiger partial charge < -0.3 is 5.73 Å². The minimum Gasteiger partial charge on any atom is -0.398 e. The zero-order valence-electron chi connectivity index (χ0n) is 12.0. The molecule has 3 aromatic carbocycles. The minimum absolute atomic E-state index is 0.759. The molecule has 0 amide bonds. The molecule has 0 spiro atoms. The number of fused-ring (bicyclic) bond motifs is 1. The molecular formula is C16H13N3O3S. The molecular weight excluding hydrogens is 314 g/mol. The summed E-state index contributed by atoms with van der Waals surface area (Å²) in [6.07, 6.45) is 0. The first-order chi connectivity index (χ1) is 11.1. The number of nitrogens with two attached hydrogens (primary N) is 1. The Balaban J connectivity index is 0.000000433. The molecule has 0 bridgehead atoms. The molecule has 116 valence electrons. The van der Waals surface area contributed by atoms with Gasteiger partial charge in [-0.1, -0.05) is 42.5 Å². The van der Waals surface area contributed by atoms with Crippen LogP contribution in [0.1, 0.15) is 0 Å². The third kappa shape index (κ3) is 4.72. The van der Waals surface area contributed by atoms with Gasteiger partial charge in [0.15, 0.2) is 0 Å². The molecule has 0 saturated carbocycles. The van der Waals surface area contributed by atoms with E-state index in [4.69, 9.17) is 18.4 Å². The number of benzene rings is 3. The second-order valence-corrected chi connectivity index (χ2v) is 4.87. The van der Waals surface area contributed by atoms with Crippen LogP contribution in [-0.4, -0.2) is 12.6 Å². The molecule has 0 aromatic heterocycles. The van der Waals surface area contributed by atoms with Crippen LogP contribution in [0, 0.1) is 0 Å². The highest BCUT2D eigenvalue weighted by atomic mass is 32.2. The molecule has 23 heavy (non-hydrogen) atoms. The Morgan fingerprint density at radius 3 is 1.91 bits per heavy atom. The van der Waals surface area contributed by atoms with E-state index < -0.39 is 10.6 Å². The van der Waals surface area contributed by atoms with Crippen LogP contribution in [0.2, 0.25) is 0 Å². The second kappa shape index (κ2) is 7.81. The Labute approximate surface area is 134 Å². The van der Waals surface area contributed by atoms with Crippen molar-refractivity contribution in [2.75, 3.05) is 5.73 Å². The maximum absolute atomic E-state index is 8.44. The number of hydrogen-bond acceptors (Lipinski definition) is 6. The summed E-state index contributed by atoms with van der Waals surface area (Å²) < 4.78 is 25.3. The van der Waals surface area contributed by atoms with Crippen molar-refractivity contribution < 1.29 is 12.6 Å². The fourth-order valence-corrected chi connectivity index (χ4v) is 2.00. The van der Waals surface area contributed by atoms with Crippen molar-refractivity contribution in [2.24, 2.45) is 10.2 Å². The fourth-order valence-electron chi connectivity index (χ4n) is 2.00. The molecule has 0 heterocycles. The van der Waals surface area contributed by atoms with Gasteiger partial charge in [-0.2, -0.15) is 5.11 Å². The summed E-state index contributed by atoms with van der Waals surface area (Å²) in [5, 5.41) is 10.6. The van der Waals surface area contributed by atoms with Crippen LogP contribution >= 0.6 is 0 Å². The average Bonchev–Trinajstić information content (AvgIpc) is 2.55. The van der Waals surface area contributed by atoms with Gasteiger partial charge in [-0.25, -0.2) is 0 Å². The molecule has 6 nitrogen and oxygen atoms in total. The Morgan fingerprint density at radius 2 is 1.26 bits per heavy atom. The average molecular weight is 327 g/mol.